The fourth-order valence-corrected chi connectivity index (χ4v) is 4.16. The van der Waals surface area contributed by atoms with Gasteiger partial charge in [-0.05, 0) is 38.0 Å². The summed E-state index contributed by atoms with van der Waals surface area (Å²) < 4.78 is 5.89. The first-order chi connectivity index (χ1) is 7.60. The first kappa shape index (κ1) is 12.4. The largest absolute Gasteiger partial charge is 0.392 e. The summed E-state index contributed by atoms with van der Waals surface area (Å²) in [5, 5.41) is 10.5. The summed E-state index contributed by atoms with van der Waals surface area (Å²) in [6, 6.07) is 0. The monoisotopic (exact) mass is 226 g/mol. The molecule has 2 aliphatic rings. The molecule has 2 rings (SSSR count). The molecule has 1 N–H and O–H groups in total. The fraction of sp³-hybridized carbons (Fsp3) is 1.00. The highest BCUT2D eigenvalue weighted by molar-refractivity contribution is 5.03. The summed E-state index contributed by atoms with van der Waals surface area (Å²) >= 11 is 0. The zero-order chi connectivity index (χ0) is 11.8. The molecule has 16 heavy (non-hydrogen) atoms. The Balaban J connectivity index is 2.24. The molecule has 2 saturated carbocycles. The van der Waals surface area contributed by atoms with Gasteiger partial charge in [-0.3, -0.25) is 0 Å². The van der Waals surface area contributed by atoms with Crippen molar-refractivity contribution in [1.82, 2.24) is 0 Å². The molecule has 0 heterocycles. The van der Waals surface area contributed by atoms with Gasteiger partial charge in [0.2, 0.25) is 0 Å². The van der Waals surface area contributed by atoms with Crippen molar-refractivity contribution < 1.29 is 9.84 Å². The molecule has 0 aromatic rings. The molecule has 2 nitrogen and oxygen atoms in total. The first-order valence-electron chi connectivity index (χ1n) is 6.90. The number of ether oxygens (including phenoxy) is 1. The zero-order valence-corrected chi connectivity index (χ0v) is 10.9. The molecule has 2 fully saturated rings. The number of hydrogen-bond donors (Lipinski definition) is 1. The summed E-state index contributed by atoms with van der Waals surface area (Å²) in [4.78, 5) is 0. The lowest BCUT2D eigenvalue weighted by Gasteiger charge is -2.41. The van der Waals surface area contributed by atoms with E-state index in [0.717, 1.165) is 25.4 Å². The number of aliphatic hydroxyl groups is 1. The second-order valence-electron chi connectivity index (χ2n) is 5.92. The molecule has 0 bridgehead atoms. The molecule has 0 radical (unpaired) electrons. The Bertz CT molecular complexity index is 241. The lowest BCUT2D eigenvalue weighted by molar-refractivity contribution is -0.0962. The van der Waals surface area contributed by atoms with Crippen LogP contribution in [-0.2, 0) is 4.74 Å². The lowest BCUT2D eigenvalue weighted by atomic mass is 9.69. The molecule has 5 atom stereocenters. The maximum atomic E-state index is 10.5. The molecule has 2 heteroatoms. The molecule has 94 valence electrons. The van der Waals surface area contributed by atoms with Gasteiger partial charge >= 0.3 is 0 Å². The van der Waals surface area contributed by atoms with Crippen LogP contribution in [0.2, 0.25) is 0 Å². The van der Waals surface area contributed by atoms with Crippen molar-refractivity contribution in [2.75, 3.05) is 6.61 Å². The van der Waals surface area contributed by atoms with Gasteiger partial charge in [0.1, 0.15) is 0 Å². The van der Waals surface area contributed by atoms with Crippen LogP contribution in [0.4, 0.5) is 0 Å². The van der Waals surface area contributed by atoms with Crippen LogP contribution >= 0.6 is 0 Å². The van der Waals surface area contributed by atoms with Gasteiger partial charge in [-0.2, -0.15) is 0 Å². The molecule has 0 unspecified atom stereocenters. The van der Waals surface area contributed by atoms with Crippen molar-refractivity contribution in [3.63, 3.8) is 0 Å². The molecular weight excluding hydrogens is 200 g/mol. The highest BCUT2D eigenvalue weighted by Gasteiger charge is 2.54. The van der Waals surface area contributed by atoms with E-state index in [9.17, 15) is 5.11 Å². The Kier molecular flexibility index (Phi) is 3.60. The third-order valence-corrected chi connectivity index (χ3v) is 5.14. The highest BCUT2D eigenvalue weighted by atomic mass is 16.5. The summed E-state index contributed by atoms with van der Waals surface area (Å²) in [7, 11) is 0. The topological polar surface area (TPSA) is 29.5 Å². The molecule has 0 spiro atoms. The number of rotatable bonds is 2. The maximum absolute atomic E-state index is 10.5. The highest BCUT2D eigenvalue weighted by Crippen LogP contribution is 2.54. The Labute approximate surface area is 99.4 Å². The van der Waals surface area contributed by atoms with E-state index in [1.54, 1.807) is 0 Å². The Hall–Kier alpha value is -0.0800. The second-order valence-corrected chi connectivity index (χ2v) is 5.92. The van der Waals surface area contributed by atoms with Crippen molar-refractivity contribution in [1.29, 1.82) is 0 Å². The van der Waals surface area contributed by atoms with Crippen LogP contribution in [0.1, 0.15) is 52.9 Å². The first-order valence-corrected chi connectivity index (χ1v) is 6.90. The van der Waals surface area contributed by atoms with E-state index in [2.05, 4.69) is 20.8 Å². The molecule has 0 saturated heterocycles. The third-order valence-electron chi connectivity index (χ3n) is 5.14. The second kappa shape index (κ2) is 4.66. The average Bonchev–Trinajstić information content (AvgIpc) is 2.53. The van der Waals surface area contributed by atoms with Gasteiger partial charge in [-0.1, -0.05) is 26.7 Å². The number of fused-ring (bicyclic) bond motifs is 1. The summed E-state index contributed by atoms with van der Waals surface area (Å²) in [5.41, 5.74) is 0.00588. The quantitative estimate of drug-likeness (QED) is 0.784. The van der Waals surface area contributed by atoms with Gasteiger partial charge in [-0.25, -0.2) is 0 Å². The Morgan fingerprint density at radius 2 is 2.00 bits per heavy atom. The van der Waals surface area contributed by atoms with E-state index in [-0.39, 0.29) is 17.6 Å². The van der Waals surface area contributed by atoms with Crippen LogP contribution in [0.3, 0.4) is 0 Å². The lowest BCUT2D eigenvalue weighted by Crippen LogP contribution is -2.45. The van der Waals surface area contributed by atoms with Gasteiger partial charge < -0.3 is 9.84 Å². The minimum atomic E-state index is -0.165. The minimum Gasteiger partial charge on any atom is -0.392 e. The maximum Gasteiger partial charge on any atom is 0.0656 e. The normalized spacial score (nSPS) is 48.8. The number of aliphatic hydroxyl groups excluding tert-OH is 1. The number of hydrogen-bond acceptors (Lipinski definition) is 2. The van der Waals surface area contributed by atoms with E-state index in [4.69, 9.17) is 4.74 Å². The van der Waals surface area contributed by atoms with E-state index in [0.29, 0.717) is 5.92 Å². The molecule has 0 aromatic heterocycles. The molecule has 0 aromatic carbocycles. The van der Waals surface area contributed by atoms with Crippen molar-refractivity contribution in [2.45, 2.75) is 65.1 Å². The Morgan fingerprint density at radius 3 is 2.69 bits per heavy atom. The van der Waals surface area contributed by atoms with Crippen LogP contribution in [0.5, 0.6) is 0 Å². The summed E-state index contributed by atoms with van der Waals surface area (Å²) in [6.07, 6.45) is 5.89. The third kappa shape index (κ3) is 1.80. The summed E-state index contributed by atoms with van der Waals surface area (Å²) in [6.45, 7) is 7.45. The van der Waals surface area contributed by atoms with E-state index in [1.165, 1.54) is 19.3 Å². The Morgan fingerprint density at radius 1 is 1.25 bits per heavy atom. The van der Waals surface area contributed by atoms with E-state index in [1.807, 2.05) is 0 Å². The van der Waals surface area contributed by atoms with Crippen molar-refractivity contribution in [3.05, 3.63) is 0 Å². The zero-order valence-electron chi connectivity index (χ0n) is 10.9. The molecule has 0 aliphatic heterocycles. The van der Waals surface area contributed by atoms with Crippen molar-refractivity contribution in [3.8, 4) is 0 Å². The van der Waals surface area contributed by atoms with Gasteiger partial charge in [-0.15, -0.1) is 0 Å². The van der Waals surface area contributed by atoms with Crippen LogP contribution in [0.25, 0.3) is 0 Å². The average molecular weight is 226 g/mol. The predicted molar refractivity (Wildman–Crippen MR) is 65.3 cm³/mol. The SMILES string of the molecule is CCO[C@@H]1CC[C@H]2[C@H](C)CCC[C@H](O)[C@]12C. The van der Waals surface area contributed by atoms with Crippen LogP contribution in [0, 0.1) is 17.3 Å². The standard InChI is InChI=1S/C14H26O2/c1-4-16-13-9-8-11-10(2)6-5-7-12(15)14(11,13)3/h10-13,15H,4-9H2,1-3H3/t10-,11+,12+,13-,14-/m1/s1. The predicted octanol–water partition coefficient (Wildman–Crippen LogP) is 2.99. The van der Waals surface area contributed by atoms with Gasteiger partial charge in [0.15, 0.2) is 0 Å². The van der Waals surface area contributed by atoms with Crippen LogP contribution < -0.4 is 0 Å². The molecule has 0 amide bonds. The van der Waals surface area contributed by atoms with Gasteiger partial charge in [0, 0.05) is 12.0 Å². The van der Waals surface area contributed by atoms with Crippen LogP contribution in [0.15, 0.2) is 0 Å². The van der Waals surface area contributed by atoms with E-state index < -0.39 is 0 Å². The van der Waals surface area contributed by atoms with Crippen LogP contribution in [-0.4, -0.2) is 23.9 Å². The van der Waals surface area contributed by atoms with Gasteiger partial charge in [0.25, 0.3) is 0 Å². The van der Waals surface area contributed by atoms with Crippen molar-refractivity contribution in [2.24, 2.45) is 17.3 Å². The molecule has 2 aliphatic carbocycles. The minimum absolute atomic E-state index is 0.00588. The van der Waals surface area contributed by atoms with Crippen molar-refractivity contribution >= 4 is 0 Å². The summed E-state index contributed by atoms with van der Waals surface area (Å²) in [5.74, 6) is 1.40. The fourth-order valence-electron chi connectivity index (χ4n) is 4.16. The molecular formula is C14H26O2. The van der Waals surface area contributed by atoms with Gasteiger partial charge in [0.05, 0.1) is 12.2 Å². The smallest absolute Gasteiger partial charge is 0.0656 e. The van der Waals surface area contributed by atoms with E-state index >= 15 is 0 Å².